The minimum Gasteiger partial charge on any atom is -0.343 e. The molecule has 0 fully saturated rings. The number of halogens is 3. The van der Waals surface area contributed by atoms with Crippen molar-refractivity contribution in [3.05, 3.63) is 59.4 Å². The minimum atomic E-state index is -1.70. The van der Waals surface area contributed by atoms with Gasteiger partial charge in [0.25, 0.3) is 5.91 Å². The standard InChI is InChI=1S/C17H14F3N3O3/c1-9(24)22-11-4-2-10(3-5-11)17(26)21-8-14(25)23-13-7-6-12(18)15(19)16(13)20/h2-7H,8H2,1H3,(H,21,26)(H,22,24)(H,23,25). The predicted octanol–water partition coefficient (Wildman–Crippen LogP) is 2.43. The highest BCUT2D eigenvalue weighted by Crippen LogP contribution is 2.19. The van der Waals surface area contributed by atoms with E-state index in [1.54, 1.807) is 0 Å². The maximum atomic E-state index is 13.5. The third-order valence-electron chi connectivity index (χ3n) is 3.19. The van der Waals surface area contributed by atoms with Crippen molar-refractivity contribution < 1.29 is 27.6 Å². The van der Waals surface area contributed by atoms with Gasteiger partial charge in [-0.25, -0.2) is 13.2 Å². The van der Waals surface area contributed by atoms with E-state index in [0.717, 1.165) is 6.07 Å². The first-order valence-corrected chi connectivity index (χ1v) is 7.37. The first kappa shape index (κ1) is 19.0. The maximum absolute atomic E-state index is 13.5. The molecule has 0 heterocycles. The molecule has 0 aliphatic heterocycles. The SMILES string of the molecule is CC(=O)Nc1ccc(C(=O)NCC(=O)Nc2ccc(F)c(F)c2F)cc1. The average Bonchev–Trinajstić information content (AvgIpc) is 2.60. The normalized spacial score (nSPS) is 10.2. The molecule has 0 atom stereocenters. The van der Waals surface area contributed by atoms with Crippen LogP contribution < -0.4 is 16.0 Å². The lowest BCUT2D eigenvalue weighted by atomic mass is 10.2. The zero-order valence-corrected chi connectivity index (χ0v) is 13.5. The van der Waals surface area contributed by atoms with Crippen molar-refractivity contribution >= 4 is 29.1 Å². The Labute approximate surface area is 146 Å². The second kappa shape index (κ2) is 8.15. The van der Waals surface area contributed by atoms with E-state index in [-0.39, 0.29) is 11.5 Å². The third-order valence-corrected chi connectivity index (χ3v) is 3.19. The molecule has 0 unspecified atom stereocenters. The summed E-state index contributed by atoms with van der Waals surface area (Å²) in [6.45, 7) is 0.833. The van der Waals surface area contributed by atoms with Gasteiger partial charge in [0.15, 0.2) is 17.5 Å². The molecule has 0 saturated heterocycles. The van der Waals surface area contributed by atoms with Crippen molar-refractivity contribution in [2.24, 2.45) is 0 Å². The van der Waals surface area contributed by atoms with Crippen LogP contribution in [-0.2, 0) is 9.59 Å². The first-order valence-electron chi connectivity index (χ1n) is 7.37. The van der Waals surface area contributed by atoms with Gasteiger partial charge in [0.2, 0.25) is 11.8 Å². The van der Waals surface area contributed by atoms with Crippen LogP contribution in [0.3, 0.4) is 0 Å². The quantitative estimate of drug-likeness (QED) is 0.711. The molecule has 136 valence electrons. The molecule has 0 aliphatic rings. The molecule has 0 saturated carbocycles. The van der Waals surface area contributed by atoms with Crippen LogP contribution in [0.1, 0.15) is 17.3 Å². The maximum Gasteiger partial charge on any atom is 0.251 e. The van der Waals surface area contributed by atoms with E-state index in [9.17, 15) is 27.6 Å². The zero-order chi connectivity index (χ0) is 19.3. The van der Waals surface area contributed by atoms with Crippen LogP contribution in [0, 0.1) is 17.5 Å². The molecule has 0 radical (unpaired) electrons. The Hall–Kier alpha value is -3.36. The molecule has 3 amide bonds. The van der Waals surface area contributed by atoms with Gasteiger partial charge in [0, 0.05) is 18.2 Å². The zero-order valence-electron chi connectivity index (χ0n) is 13.5. The van der Waals surface area contributed by atoms with Gasteiger partial charge < -0.3 is 16.0 Å². The molecular formula is C17H14F3N3O3. The van der Waals surface area contributed by atoms with Crippen LogP contribution in [0.5, 0.6) is 0 Å². The van der Waals surface area contributed by atoms with Crippen LogP contribution >= 0.6 is 0 Å². The van der Waals surface area contributed by atoms with Crippen molar-refractivity contribution in [3.8, 4) is 0 Å². The van der Waals surface area contributed by atoms with E-state index in [1.165, 1.54) is 31.2 Å². The van der Waals surface area contributed by atoms with E-state index in [0.29, 0.717) is 11.8 Å². The van der Waals surface area contributed by atoms with E-state index in [1.807, 2.05) is 5.32 Å². The summed E-state index contributed by atoms with van der Waals surface area (Å²) in [5.41, 5.74) is 0.189. The van der Waals surface area contributed by atoms with Gasteiger partial charge >= 0.3 is 0 Å². The average molecular weight is 365 g/mol. The molecule has 0 bridgehead atoms. The molecule has 3 N–H and O–H groups in total. The van der Waals surface area contributed by atoms with Crippen LogP contribution in [0.2, 0.25) is 0 Å². The van der Waals surface area contributed by atoms with Gasteiger partial charge in [-0.2, -0.15) is 0 Å². The summed E-state index contributed by atoms with van der Waals surface area (Å²) < 4.78 is 39.4. The van der Waals surface area contributed by atoms with E-state index in [2.05, 4.69) is 10.6 Å². The van der Waals surface area contributed by atoms with Crippen molar-refractivity contribution in [2.75, 3.05) is 17.2 Å². The Kier molecular flexibility index (Phi) is 5.94. The summed E-state index contributed by atoms with van der Waals surface area (Å²) in [5.74, 6) is -6.28. The molecule has 2 aromatic rings. The molecule has 6 nitrogen and oxygen atoms in total. The highest BCUT2D eigenvalue weighted by Gasteiger charge is 2.15. The lowest BCUT2D eigenvalue weighted by Gasteiger charge is -2.09. The molecule has 0 aromatic heterocycles. The predicted molar refractivity (Wildman–Crippen MR) is 88.0 cm³/mol. The number of hydrogen-bond acceptors (Lipinski definition) is 3. The van der Waals surface area contributed by atoms with Crippen LogP contribution in [-0.4, -0.2) is 24.3 Å². The largest absolute Gasteiger partial charge is 0.343 e. The van der Waals surface area contributed by atoms with Gasteiger partial charge in [-0.1, -0.05) is 0 Å². The molecule has 26 heavy (non-hydrogen) atoms. The van der Waals surface area contributed by atoms with Crippen LogP contribution in [0.4, 0.5) is 24.5 Å². The molecule has 0 aliphatic carbocycles. The number of nitrogens with one attached hydrogen (secondary N) is 3. The van der Waals surface area contributed by atoms with Gasteiger partial charge in [-0.05, 0) is 36.4 Å². The topological polar surface area (TPSA) is 87.3 Å². The lowest BCUT2D eigenvalue weighted by molar-refractivity contribution is -0.115. The molecule has 9 heteroatoms. The fourth-order valence-electron chi connectivity index (χ4n) is 1.99. The van der Waals surface area contributed by atoms with Crippen LogP contribution in [0.25, 0.3) is 0 Å². The number of carbonyl (C=O) groups is 3. The van der Waals surface area contributed by atoms with Crippen molar-refractivity contribution in [1.29, 1.82) is 0 Å². The number of carbonyl (C=O) groups excluding carboxylic acids is 3. The number of rotatable bonds is 5. The Morgan fingerprint density at radius 1 is 0.885 bits per heavy atom. The summed E-state index contributed by atoms with van der Waals surface area (Å²) in [4.78, 5) is 34.6. The molecule has 2 aromatic carbocycles. The summed E-state index contributed by atoms with van der Waals surface area (Å²) in [7, 11) is 0. The van der Waals surface area contributed by atoms with Gasteiger partial charge in [-0.15, -0.1) is 0 Å². The first-order chi connectivity index (χ1) is 12.3. The summed E-state index contributed by atoms with van der Waals surface area (Å²) in [5, 5.41) is 6.86. The van der Waals surface area contributed by atoms with Gasteiger partial charge in [0.05, 0.1) is 12.2 Å². The fourth-order valence-corrected chi connectivity index (χ4v) is 1.99. The summed E-state index contributed by atoms with van der Waals surface area (Å²) in [6, 6.07) is 7.43. The lowest BCUT2D eigenvalue weighted by Crippen LogP contribution is -2.33. The van der Waals surface area contributed by atoms with E-state index < -0.39 is 41.5 Å². The fraction of sp³-hybridized carbons (Fsp3) is 0.118. The Balaban J connectivity index is 1.91. The monoisotopic (exact) mass is 365 g/mol. The van der Waals surface area contributed by atoms with Crippen LogP contribution in [0.15, 0.2) is 36.4 Å². The number of anilines is 2. The number of hydrogen-bond donors (Lipinski definition) is 3. The number of benzene rings is 2. The second-order valence-corrected chi connectivity index (χ2v) is 5.21. The Morgan fingerprint density at radius 3 is 2.15 bits per heavy atom. The Morgan fingerprint density at radius 2 is 1.54 bits per heavy atom. The van der Waals surface area contributed by atoms with Crippen molar-refractivity contribution in [1.82, 2.24) is 5.32 Å². The van der Waals surface area contributed by atoms with E-state index >= 15 is 0 Å². The van der Waals surface area contributed by atoms with Crippen molar-refractivity contribution in [2.45, 2.75) is 6.92 Å². The minimum absolute atomic E-state index is 0.228. The highest BCUT2D eigenvalue weighted by molar-refractivity contribution is 5.99. The Bertz CT molecular complexity index is 854. The number of amides is 3. The third kappa shape index (κ3) is 4.82. The molecule has 2 rings (SSSR count). The second-order valence-electron chi connectivity index (χ2n) is 5.21. The highest BCUT2D eigenvalue weighted by atomic mass is 19.2. The van der Waals surface area contributed by atoms with Gasteiger partial charge in [-0.3, -0.25) is 14.4 Å². The molecule has 0 spiro atoms. The summed E-state index contributed by atoms with van der Waals surface area (Å²) in [6.07, 6.45) is 0. The van der Waals surface area contributed by atoms with Crippen molar-refractivity contribution in [3.63, 3.8) is 0 Å². The van der Waals surface area contributed by atoms with Gasteiger partial charge in [0.1, 0.15) is 0 Å². The van der Waals surface area contributed by atoms with E-state index in [4.69, 9.17) is 0 Å². The smallest absolute Gasteiger partial charge is 0.251 e. The molecular weight excluding hydrogens is 351 g/mol. The summed E-state index contributed by atoms with van der Waals surface area (Å²) >= 11 is 0.